The molecule has 1 N–H and O–H groups in total. The third-order valence-electron chi connectivity index (χ3n) is 7.25. The molecule has 2 saturated heterocycles. The number of para-hydroxylation sites is 3. The maximum absolute atomic E-state index is 14.1. The van der Waals surface area contributed by atoms with Crippen molar-refractivity contribution in [1.82, 2.24) is 24.5 Å². The number of benzene rings is 2. The largest absolute Gasteiger partial charge is 0.418 e. The van der Waals surface area contributed by atoms with Gasteiger partial charge in [0.25, 0.3) is 6.43 Å². The lowest BCUT2D eigenvalue weighted by atomic mass is 10.0. The zero-order valence-electron chi connectivity index (χ0n) is 21.9. The van der Waals surface area contributed by atoms with Crippen molar-refractivity contribution in [2.45, 2.75) is 31.5 Å². The molecule has 0 aliphatic carbocycles. The second-order valence-electron chi connectivity index (χ2n) is 9.88. The van der Waals surface area contributed by atoms with E-state index >= 15 is 0 Å². The van der Waals surface area contributed by atoms with Crippen LogP contribution >= 0.6 is 0 Å². The van der Waals surface area contributed by atoms with Crippen molar-refractivity contribution < 1.29 is 26.7 Å². The average Bonchev–Trinajstić information content (AvgIpc) is 3.38. The smallest absolute Gasteiger partial charge is 0.382 e. The Kier molecular flexibility index (Phi) is 7.32. The summed E-state index contributed by atoms with van der Waals surface area (Å²) in [4.78, 5) is 21.8. The number of morpholine rings is 1. The first-order chi connectivity index (χ1) is 19.8. The highest BCUT2D eigenvalue weighted by atomic mass is 19.4. The van der Waals surface area contributed by atoms with Crippen molar-refractivity contribution >= 4 is 28.6 Å². The van der Waals surface area contributed by atoms with Gasteiger partial charge in [-0.1, -0.05) is 24.3 Å². The molecule has 0 radical (unpaired) electrons. The number of piperidine rings is 1. The summed E-state index contributed by atoms with van der Waals surface area (Å²) < 4.78 is 75.4. The van der Waals surface area contributed by atoms with Gasteiger partial charge in [0.05, 0.1) is 29.8 Å². The van der Waals surface area contributed by atoms with E-state index in [1.165, 1.54) is 16.7 Å². The first-order valence-electron chi connectivity index (χ1n) is 13.3. The molecule has 0 saturated carbocycles. The number of ether oxygens (including phenoxy) is 1. The van der Waals surface area contributed by atoms with Crippen LogP contribution < -0.4 is 15.1 Å². The number of hydrogen-bond acceptors (Lipinski definition) is 8. The molecule has 41 heavy (non-hydrogen) atoms. The Morgan fingerprint density at radius 2 is 1.39 bits per heavy atom. The lowest BCUT2D eigenvalue weighted by molar-refractivity contribution is -0.137. The molecule has 4 heterocycles. The molecule has 2 fully saturated rings. The fourth-order valence-corrected chi connectivity index (χ4v) is 5.19. The Bertz CT molecular complexity index is 1510. The molecule has 0 bridgehead atoms. The minimum absolute atomic E-state index is 0.0276. The van der Waals surface area contributed by atoms with Crippen LogP contribution in [-0.2, 0) is 10.9 Å². The summed E-state index contributed by atoms with van der Waals surface area (Å²) in [5.41, 5.74) is 0.173. The molecule has 0 atom stereocenters. The maximum atomic E-state index is 14.1. The third-order valence-corrected chi connectivity index (χ3v) is 7.25. The van der Waals surface area contributed by atoms with Crippen molar-refractivity contribution in [1.29, 1.82) is 0 Å². The lowest BCUT2D eigenvalue weighted by Crippen LogP contribution is -2.41. The summed E-state index contributed by atoms with van der Waals surface area (Å²) in [6.07, 6.45) is -6.28. The monoisotopic (exact) mass is 574 g/mol. The number of rotatable bonds is 6. The number of nitrogens with one attached hydrogen (secondary N) is 1. The van der Waals surface area contributed by atoms with Gasteiger partial charge in [-0.25, -0.2) is 13.8 Å². The fourth-order valence-electron chi connectivity index (χ4n) is 5.19. The molecule has 4 aromatic rings. The topological polar surface area (TPSA) is 84.2 Å². The Morgan fingerprint density at radius 3 is 2.07 bits per heavy atom. The average molecular weight is 575 g/mol. The predicted octanol–water partition coefficient (Wildman–Crippen LogP) is 5.08. The van der Waals surface area contributed by atoms with Crippen LogP contribution in [0.1, 0.15) is 30.7 Å². The first kappa shape index (κ1) is 27.1. The van der Waals surface area contributed by atoms with Crippen LogP contribution in [0.4, 0.5) is 39.5 Å². The quantitative estimate of drug-likeness (QED) is 0.319. The summed E-state index contributed by atoms with van der Waals surface area (Å²) in [6, 6.07) is 12.0. The summed E-state index contributed by atoms with van der Waals surface area (Å²) in [6.45, 7) is 2.90. The van der Waals surface area contributed by atoms with Crippen molar-refractivity contribution in [3.8, 4) is 5.95 Å². The molecule has 216 valence electrons. The van der Waals surface area contributed by atoms with Gasteiger partial charge in [-0.05, 0) is 37.1 Å². The van der Waals surface area contributed by atoms with E-state index in [2.05, 4.69) is 25.3 Å². The minimum atomic E-state index is -4.46. The number of nitrogens with zero attached hydrogens (tertiary/aromatic N) is 7. The van der Waals surface area contributed by atoms with Crippen LogP contribution in [0, 0.1) is 0 Å². The summed E-state index contributed by atoms with van der Waals surface area (Å²) in [5, 5.41) is 3.05. The summed E-state index contributed by atoms with van der Waals surface area (Å²) >= 11 is 0. The first-order valence-corrected chi connectivity index (χ1v) is 13.3. The fraction of sp³-hybridized carbons (Fsp3) is 0.407. The Morgan fingerprint density at radius 1 is 0.780 bits per heavy atom. The van der Waals surface area contributed by atoms with Crippen molar-refractivity contribution in [2.75, 3.05) is 54.5 Å². The van der Waals surface area contributed by atoms with Crippen LogP contribution in [0.15, 0.2) is 48.5 Å². The van der Waals surface area contributed by atoms with E-state index in [1.54, 1.807) is 30.3 Å². The van der Waals surface area contributed by atoms with Crippen LogP contribution in [-0.4, -0.2) is 69.9 Å². The number of halogens is 5. The van der Waals surface area contributed by atoms with Gasteiger partial charge in [0.1, 0.15) is 0 Å². The summed E-state index contributed by atoms with van der Waals surface area (Å²) in [7, 11) is 0. The van der Waals surface area contributed by atoms with Crippen LogP contribution in [0.3, 0.4) is 0 Å². The zero-order chi connectivity index (χ0) is 28.6. The molecule has 6 rings (SSSR count). The number of aromatic nitrogens is 5. The SMILES string of the molecule is FC(F)c1nc2ccccc2n1-c1nc(N2CCOCC2)nc(N2CCC(Nc3ccccc3C(F)(F)F)CC2)n1. The van der Waals surface area contributed by atoms with Gasteiger partial charge in [0.15, 0.2) is 5.82 Å². The lowest BCUT2D eigenvalue weighted by Gasteiger charge is -2.34. The molecule has 2 aliphatic heterocycles. The van der Waals surface area contributed by atoms with Gasteiger partial charge >= 0.3 is 6.18 Å². The maximum Gasteiger partial charge on any atom is 0.418 e. The van der Waals surface area contributed by atoms with Gasteiger partial charge in [-0.15, -0.1) is 0 Å². The number of hydrogen-bond donors (Lipinski definition) is 1. The van der Waals surface area contributed by atoms with Crippen LogP contribution in [0.2, 0.25) is 0 Å². The number of imidazole rings is 1. The molecular weight excluding hydrogens is 547 g/mol. The molecule has 2 aromatic heterocycles. The van der Waals surface area contributed by atoms with Gasteiger partial charge in [-0.3, -0.25) is 4.57 Å². The normalized spacial score (nSPS) is 17.0. The third kappa shape index (κ3) is 5.60. The van der Waals surface area contributed by atoms with Crippen molar-refractivity contribution in [3.05, 3.63) is 59.9 Å². The van der Waals surface area contributed by atoms with Gasteiger partial charge in [0.2, 0.25) is 17.8 Å². The van der Waals surface area contributed by atoms with Gasteiger partial charge in [-0.2, -0.15) is 28.1 Å². The van der Waals surface area contributed by atoms with E-state index in [0.29, 0.717) is 75.2 Å². The molecular formula is C27H27F5N8O. The van der Waals surface area contributed by atoms with Crippen molar-refractivity contribution in [3.63, 3.8) is 0 Å². The highest BCUT2D eigenvalue weighted by molar-refractivity contribution is 5.77. The van der Waals surface area contributed by atoms with Gasteiger partial charge in [0, 0.05) is 37.9 Å². The van der Waals surface area contributed by atoms with E-state index in [4.69, 9.17) is 4.74 Å². The van der Waals surface area contributed by atoms with Crippen molar-refractivity contribution in [2.24, 2.45) is 0 Å². The van der Waals surface area contributed by atoms with E-state index in [-0.39, 0.29) is 17.7 Å². The Hall–Kier alpha value is -4.07. The van der Waals surface area contributed by atoms with E-state index in [9.17, 15) is 22.0 Å². The molecule has 0 spiro atoms. The molecule has 9 nitrogen and oxygen atoms in total. The summed E-state index contributed by atoms with van der Waals surface area (Å²) in [5.74, 6) is 0.205. The number of anilines is 3. The molecule has 2 aromatic carbocycles. The second kappa shape index (κ2) is 11.1. The second-order valence-corrected chi connectivity index (χ2v) is 9.88. The standard InChI is InChI=1S/C27H27F5N8O/c28-22(29)23-34-20-7-3-4-8-21(20)40(23)26-36-24(35-25(37-26)39-13-15-41-16-14-39)38-11-9-17(10-12-38)33-19-6-2-1-5-18(19)27(30,31)32/h1-8,17,22,33H,9-16H2. The Balaban J connectivity index is 1.31. The highest BCUT2D eigenvalue weighted by Crippen LogP contribution is 2.36. The van der Waals surface area contributed by atoms with E-state index in [0.717, 1.165) is 6.07 Å². The van der Waals surface area contributed by atoms with Crippen LogP contribution in [0.5, 0.6) is 0 Å². The molecule has 0 amide bonds. The number of alkyl halides is 5. The zero-order valence-corrected chi connectivity index (χ0v) is 21.9. The highest BCUT2D eigenvalue weighted by Gasteiger charge is 2.34. The molecule has 0 unspecified atom stereocenters. The molecule has 2 aliphatic rings. The predicted molar refractivity (Wildman–Crippen MR) is 143 cm³/mol. The minimum Gasteiger partial charge on any atom is -0.382 e. The number of fused-ring (bicyclic) bond motifs is 1. The van der Waals surface area contributed by atoms with Crippen LogP contribution in [0.25, 0.3) is 17.0 Å². The Labute approximate surface area is 232 Å². The van der Waals surface area contributed by atoms with E-state index in [1.807, 2.05) is 9.80 Å². The van der Waals surface area contributed by atoms with E-state index < -0.39 is 24.0 Å². The van der Waals surface area contributed by atoms with Gasteiger partial charge < -0.3 is 19.9 Å². The molecule has 14 heteroatoms.